The van der Waals surface area contributed by atoms with E-state index in [9.17, 15) is 0 Å². The quantitative estimate of drug-likeness (QED) is 0.752. The zero-order valence-corrected chi connectivity index (χ0v) is 12.0. The predicted molar refractivity (Wildman–Crippen MR) is 80.2 cm³/mol. The first-order chi connectivity index (χ1) is 8.85. The summed E-state index contributed by atoms with van der Waals surface area (Å²) in [6.07, 6.45) is 2.82. The van der Waals surface area contributed by atoms with E-state index in [1.54, 1.807) is 5.56 Å². The predicted octanol–water partition coefficient (Wildman–Crippen LogP) is 4.69. The Kier molecular flexibility index (Phi) is 3.40. The van der Waals surface area contributed by atoms with Crippen LogP contribution in [0.3, 0.4) is 0 Å². The van der Waals surface area contributed by atoms with Crippen molar-refractivity contribution in [1.82, 2.24) is 4.90 Å². The van der Waals surface area contributed by atoms with E-state index in [0.29, 0.717) is 6.04 Å². The Bertz CT molecular complexity index is 523. The molecule has 3 rings (SSSR count). The number of hydrogen-bond acceptors (Lipinski definition) is 2. The lowest BCUT2D eigenvalue weighted by Crippen LogP contribution is -2.29. The van der Waals surface area contributed by atoms with Gasteiger partial charge >= 0.3 is 0 Å². The molecule has 1 aromatic carbocycles. The Morgan fingerprint density at radius 3 is 2.61 bits per heavy atom. The van der Waals surface area contributed by atoms with Crippen molar-refractivity contribution in [2.75, 3.05) is 13.1 Å². The van der Waals surface area contributed by atoms with Crippen molar-refractivity contribution >= 4 is 21.4 Å². The maximum absolute atomic E-state index is 2.63. The molecule has 0 amide bonds. The highest BCUT2D eigenvalue weighted by Gasteiger charge is 2.36. The van der Waals surface area contributed by atoms with Crippen molar-refractivity contribution in [2.24, 2.45) is 5.92 Å². The van der Waals surface area contributed by atoms with E-state index < -0.39 is 0 Å². The summed E-state index contributed by atoms with van der Waals surface area (Å²) in [6.45, 7) is 6.88. The van der Waals surface area contributed by atoms with E-state index >= 15 is 0 Å². The summed E-state index contributed by atoms with van der Waals surface area (Å²) in [6, 6.07) is 9.50. The topological polar surface area (TPSA) is 3.24 Å². The fourth-order valence-corrected chi connectivity index (χ4v) is 4.00. The van der Waals surface area contributed by atoms with Gasteiger partial charge in [0.1, 0.15) is 0 Å². The third-order valence-electron chi connectivity index (χ3n) is 4.10. The fraction of sp³-hybridized carbons (Fsp3) is 0.500. The molecule has 1 atom stereocenters. The third kappa shape index (κ3) is 2.08. The second kappa shape index (κ2) is 5.02. The van der Waals surface area contributed by atoms with Crippen LogP contribution < -0.4 is 0 Å². The molecule has 1 fully saturated rings. The highest BCUT2D eigenvalue weighted by atomic mass is 32.1. The van der Waals surface area contributed by atoms with Gasteiger partial charge in [-0.25, -0.2) is 0 Å². The van der Waals surface area contributed by atoms with Gasteiger partial charge in [0.25, 0.3) is 0 Å². The van der Waals surface area contributed by atoms with Gasteiger partial charge in [-0.05, 0) is 54.2 Å². The van der Waals surface area contributed by atoms with Crippen LogP contribution in [0.1, 0.15) is 38.3 Å². The minimum Gasteiger partial charge on any atom is -0.297 e. The molecular formula is C16H21NS. The van der Waals surface area contributed by atoms with Gasteiger partial charge < -0.3 is 0 Å². The van der Waals surface area contributed by atoms with Crippen LogP contribution in [0.5, 0.6) is 0 Å². The second-order valence-electron chi connectivity index (χ2n) is 5.19. The first kappa shape index (κ1) is 12.2. The Labute approximate surface area is 113 Å². The first-order valence-corrected chi connectivity index (χ1v) is 7.93. The average Bonchev–Trinajstić information content (AvgIpc) is 3.16. The molecule has 1 saturated carbocycles. The van der Waals surface area contributed by atoms with Crippen LogP contribution in [0.25, 0.3) is 10.1 Å². The standard InChI is InChI=1S/C16H21NS/c1-3-17(4-2)16(12-9-10-12)14-11-18-15-8-6-5-7-13(14)15/h5-8,11-12,16H,3-4,9-10H2,1-2H3. The maximum Gasteiger partial charge on any atom is 0.0390 e. The lowest BCUT2D eigenvalue weighted by Gasteiger charge is -2.29. The molecule has 0 N–H and O–H groups in total. The van der Waals surface area contributed by atoms with Gasteiger partial charge in [0, 0.05) is 10.7 Å². The molecule has 1 nitrogen and oxygen atoms in total. The van der Waals surface area contributed by atoms with Gasteiger partial charge in [-0.2, -0.15) is 0 Å². The molecule has 0 radical (unpaired) electrons. The average molecular weight is 259 g/mol. The van der Waals surface area contributed by atoms with Crippen LogP contribution in [0, 0.1) is 5.92 Å². The molecule has 1 heterocycles. The van der Waals surface area contributed by atoms with Crippen molar-refractivity contribution in [3.8, 4) is 0 Å². The summed E-state index contributed by atoms with van der Waals surface area (Å²) >= 11 is 1.90. The smallest absolute Gasteiger partial charge is 0.0390 e. The largest absolute Gasteiger partial charge is 0.297 e. The van der Waals surface area contributed by atoms with E-state index in [1.807, 2.05) is 11.3 Å². The number of hydrogen-bond donors (Lipinski definition) is 0. The Hall–Kier alpha value is -0.860. The van der Waals surface area contributed by atoms with E-state index in [1.165, 1.54) is 22.9 Å². The van der Waals surface area contributed by atoms with E-state index in [2.05, 4.69) is 48.4 Å². The van der Waals surface area contributed by atoms with E-state index in [0.717, 1.165) is 19.0 Å². The van der Waals surface area contributed by atoms with Gasteiger partial charge in [-0.1, -0.05) is 32.0 Å². The molecule has 1 aromatic heterocycles. The van der Waals surface area contributed by atoms with Gasteiger partial charge in [-0.3, -0.25) is 4.90 Å². The van der Waals surface area contributed by atoms with Crippen molar-refractivity contribution in [1.29, 1.82) is 0 Å². The van der Waals surface area contributed by atoms with Crippen molar-refractivity contribution in [3.63, 3.8) is 0 Å². The molecule has 0 saturated heterocycles. The van der Waals surface area contributed by atoms with Gasteiger partial charge in [0.2, 0.25) is 0 Å². The van der Waals surface area contributed by atoms with Crippen molar-refractivity contribution < 1.29 is 0 Å². The Morgan fingerprint density at radius 1 is 1.22 bits per heavy atom. The van der Waals surface area contributed by atoms with Gasteiger partial charge in [0.15, 0.2) is 0 Å². The van der Waals surface area contributed by atoms with Crippen LogP contribution in [-0.2, 0) is 0 Å². The summed E-state index contributed by atoms with van der Waals surface area (Å²) < 4.78 is 1.44. The highest BCUT2D eigenvalue weighted by Crippen LogP contribution is 2.47. The van der Waals surface area contributed by atoms with Crippen molar-refractivity contribution in [2.45, 2.75) is 32.7 Å². The summed E-state index contributed by atoms with van der Waals surface area (Å²) in [4.78, 5) is 2.63. The van der Waals surface area contributed by atoms with Crippen LogP contribution in [0.15, 0.2) is 29.6 Å². The molecule has 1 unspecified atom stereocenters. The maximum atomic E-state index is 2.63. The van der Waals surface area contributed by atoms with Crippen LogP contribution in [0.4, 0.5) is 0 Å². The Morgan fingerprint density at radius 2 is 1.94 bits per heavy atom. The van der Waals surface area contributed by atoms with Crippen LogP contribution in [-0.4, -0.2) is 18.0 Å². The lowest BCUT2D eigenvalue weighted by molar-refractivity contribution is 0.198. The normalized spacial score (nSPS) is 17.5. The molecule has 0 spiro atoms. The van der Waals surface area contributed by atoms with Gasteiger partial charge in [-0.15, -0.1) is 11.3 Å². The minimum absolute atomic E-state index is 0.649. The Balaban J connectivity index is 2.04. The summed E-state index contributed by atoms with van der Waals surface area (Å²) in [5.41, 5.74) is 1.57. The first-order valence-electron chi connectivity index (χ1n) is 7.05. The molecule has 1 aliphatic carbocycles. The monoisotopic (exact) mass is 259 g/mol. The fourth-order valence-electron chi connectivity index (χ4n) is 3.01. The zero-order chi connectivity index (χ0) is 12.5. The molecule has 0 bridgehead atoms. The number of benzene rings is 1. The third-order valence-corrected chi connectivity index (χ3v) is 5.09. The lowest BCUT2D eigenvalue weighted by atomic mass is 10.00. The number of fused-ring (bicyclic) bond motifs is 1. The summed E-state index contributed by atoms with van der Waals surface area (Å²) in [5.74, 6) is 0.892. The van der Waals surface area contributed by atoms with Crippen LogP contribution in [0.2, 0.25) is 0 Å². The van der Waals surface area contributed by atoms with Gasteiger partial charge in [0.05, 0.1) is 0 Å². The molecule has 2 heteroatoms. The molecule has 0 aliphatic heterocycles. The second-order valence-corrected chi connectivity index (χ2v) is 6.10. The molecule has 18 heavy (non-hydrogen) atoms. The number of nitrogens with zero attached hydrogens (tertiary/aromatic N) is 1. The van der Waals surface area contributed by atoms with Crippen LogP contribution >= 0.6 is 11.3 Å². The summed E-state index contributed by atoms with van der Waals surface area (Å²) in [7, 11) is 0. The van der Waals surface area contributed by atoms with E-state index in [4.69, 9.17) is 0 Å². The van der Waals surface area contributed by atoms with E-state index in [-0.39, 0.29) is 0 Å². The molecule has 2 aromatic rings. The molecule has 1 aliphatic rings. The SMILES string of the molecule is CCN(CC)C(c1csc2ccccc12)C1CC1. The summed E-state index contributed by atoms with van der Waals surface area (Å²) in [5, 5.41) is 3.87. The highest BCUT2D eigenvalue weighted by molar-refractivity contribution is 7.17. The molecular weight excluding hydrogens is 238 g/mol. The molecule has 96 valence electrons. The number of rotatable bonds is 5. The number of thiophene rings is 1. The zero-order valence-electron chi connectivity index (χ0n) is 11.2. The van der Waals surface area contributed by atoms with Crippen molar-refractivity contribution in [3.05, 3.63) is 35.2 Å². The minimum atomic E-state index is 0.649.